The molecule has 9 nitrogen and oxygen atoms in total. The van der Waals surface area contributed by atoms with Gasteiger partial charge >= 0.3 is 5.97 Å². The first kappa shape index (κ1) is 24.4. The fourth-order valence-corrected chi connectivity index (χ4v) is 7.58. The zero-order valence-electron chi connectivity index (χ0n) is 21.5. The van der Waals surface area contributed by atoms with Gasteiger partial charge in [0.25, 0.3) is 0 Å². The Hall–Kier alpha value is -4.63. The van der Waals surface area contributed by atoms with Crippen molar-refractivity contribution < 1.29 is 28.7 Å². The third-order valence-electron chi connectivity index (χ3n) is 8.88. The van der Waals surface area contributed by atoms with E-state index in [4.69, 9.17) is 4.74 Å². The lowest BCUT2D eigenvalue weighted by Crippen LogP contribution is -2.61. The fraction of sp³-hybridized carbons (Fsp3) is 0.258. The Kier molecular flexibility index (Phi) is 5.15. The number of carbonyl (C=O) groups excluding carboxylic acids is 5. The molecule has 200 valence electrons. The number of imide groups is 2. The number of anilines is 2. The summed E-state index contributed by atoms with van der Waals surface area (Å²) in [6.07, 6.45) is 0. The standard InChI is InChI=1S/C31H25N3O6/c1-2-40-29(39)31-23-21(25(35)33(27(23)37)19-14-8-4-9-15-19)30(32-31,18-12-6-3-7-13-18)22-24(31)28(38)34(26(22)36)20-16-10-5-11-17-20/h3-17,21-24,32H,2H2,1H3. The SMILES string of the molecule is CCOC(=O)C12NC(c3ccccc3)(C3C(=O)N(c4ccccc4)C(=O)C31)C1C(=O)N(c3ccccc3)C(=O)C12. The van der Waals surface area contributed by atoms with Crippen LogP contribution in [0.4, 0.5) is 11.4 Å². The summed E-state index contributed by atoms with van der Waals surface area (Å²) in [6.45, 7) is 1.62. The molecule has 4 saturated heterocycles. The van der Waals surface area contributed by atoms with Gasteiger partial charge in [0, 0.05) is 0 Å². The van der Waals surface area contributed by atoms with Crippen LogP contribution < -0.4 is 15.1 Å². The van der Waals surface area contributed by atoms with E-state index in [9.17, 15) is 24.0 Å². The van der Waals surface area contributed by atoms with Gasteiger partial charge < -0.3 is 4.74 Å². The van der Waals surface area contributed by atoms with Gasteiger partial charge in [0.2, 0.25) is 23.6 Å². The van der Waals surface area contributed by atoms with E-state index in [2.05, 4.69) is 5.32 Å². The highest BCUT2D eigenvalue weighted by Crippen LogP contribution is 2.68. The van der Waals surface area contributed by atoms with Gasteiger partial charge in [-0.05, 0) is 36.8 Å². The molecule has 3 aromatic carbocycles. The number of carbonyl (C=O) groups is 5. The molecule has 0 radical (unpaired) electrons. The summed E-state index contributed by atoms with van der Waals surface area (Å²) in [5.74, 6) is -7.83. The number of para-hydroxylation sites is 2. The summed E-state index contributed by atoms with van der Waals surface area (Å²) in [6, 6.07) is 25.8. The van der Waals surface area contributed by atoms with Crippen LogP contribution in [0.1, 0.15) is 12.5 Å². The van der Waals surface area contributed by atoms with Gasteiger partial charge in [0.05, 0.1) is 47.2 Å². The maximum atomic E-state index is 14.3. The molecule has 4 aliphatic heterocycles. The van der Waals surface area contributed by atoms with Crippen molar-refractivity contribution in [2.45, 2.75) is 18.0 Å². The van der Waals surface area contributed by atoms with Crippen LogP contribution in [0.5, 0.6) is 0 Å². The Morgan fingerprint density at radius 3 is 1.50 bits per heavy atom. The lowest BCUT2D eigenvalue weighted by molar-refractivity contribution is -0.159. The van der Waals surface area contributed by atoms with Crippen LogP contribution in [0.25, 0.3) is 0 Å². The minimum atomic E-state index is -1.92. The Morgan fingerprint density at radius 2 is 1.07 bits per heavy atom. The molecule has 2 bridgehead atoms. The van der Waals surface area contributed by atoms with E-state index in [0.29, 0.717) is 16.9 Å². The topological polar surface area (TPSA) is 113 Å². The summed E-state index contributed by atoms with van der Waals surface area (Å²) >= 11 is 0. The number of nitrogens with zero attached hydrogens (tertiary/aromatic N) is 2. The van der Waals surface area contributed by atoms with Gasteiger partial charge in [-0.2, -0.15) is 0 Å². The summed E-state index contributed by atoms with van der Waals surface area (Å²) in [7, 11) is 0. The zero-order chi connectivity index (χ0) is 27.8. The van der Waals surface area contributed by atoms with Crippen molar-refractivity contribution in [3.63, 3.8) is 0 Å². The molecular formula is C31H25N3O6. The minimum absolute atomic E-state index is 0.00948. The highest BCUT2D eigenvalue weighted by Gasteiger charge is 2.88. The smallest absolute Gasteiger partial charge is 0.328 e. The molecule has 0 aromatic heterocycles. The van der Waals surface area contributed by atoms with Gasteiger partial charge in [0.15, 0.2) is 0 Å². The summed E-state index contributed by atoms with van der Waals surface area (Å²) in [4.78, 5) is 73.3. The van der Waals surface area contributed by atoms with Crippen molar-refractivity contribution in [3.8, 4) is 0 Å². The summed E-state index contributed by atoms with van der Waals surface area (Å²) in [5.41, 5.74) is -2.15. The summed E-state index contributed by atoms with van der Waals surface area (Å²) in [5, 5.41) is 3.31. The van der Waals surface area contributed by atoms with Crippen LogP contribution >= 0.6 is 0 Å². The number of rotatable bonds is 5. The Bertz CT molecular complexity index is 1490. The number of fused-ring (bicyclic) bond motifs is 8. The highest BCUT2D eigenvalue weighted by molar-refractivity contribution is 6.30. The average molecular weight is 536 g/mol. The highest BCUT2D eigenvalue weighted by atomic mass is 16.5. The molecule has 4 fully saturated rings. The molecular weight excluding hydrogens is 510 g/mol. The van der Waals surface area contributed by atoms with Crippen molar-refractivity contribution >= 4 is 41.0 Å². The van der Waals surface area contributed by atoms with Crippen LogP contribution in [0.3, 0.4) is 0 Å². The number of ether oxygens (including phenoxy) is 1. The number of nitrogens with one attached hydrogen (secondary N) is 1. The van der Waals surface area contributed by atoms with E-state index in [1.54, 1.807) is 97.9 Å². The quantitative estimate of drug-likeness (QED) is 0.394. The number of hydrogen-bond acceptors (Lipinski definition) is 7. The largest absolute Gasteiger partial charge is 0.465 e. The minimum Gasteiger partial charge on any atom is -0.465 e. The number of hydrogen-bond donors (Lipinski definition) is 1. The van der Waals surface area contributed by atoms with E-state index < -0.39 is 64.3 Å². The number of benzene rings is 3. The van der Waals surface area contributed by atoms with E-state index in [1.807, 2.05) is 0 Å². The first-order chi connectivity index (χ1) is 19.4. The van der Waals surface area contributed by atoms with Crippen molar-refractivity contribution in [1.29, 1.82) is 0 Å². The monoisotopic (exact) mass is 535 g/mol. The average Bonchev–Trinajstić information content (AvgIpc) is 3.65. The lowest BCUT2D eigenvalue weighted by atomic mass is 9.56. The van der Waals surface area contributed by atoms with Crippen LogP contribution in [0, 0.1) is 23.7 Å². The van der Waals surface area contributed by atoms with Gasteiger partial charge in [-0.15, -0.1) is 0 Å². The lowest BCUT2D eigenvalue weighted by Gasteiger charge is -2.39. The second kappa shape index (κ2) is 8.43. The van der Waals surface area contributed by atoms with Crippen molar-refractivity contribution in [2.24, 2.45) is 23.7 Å². The molecule has 4 aliphatic rings. The van der Waals surface area contributed by atoms with E-state index in [-0.39, 0.29) is 6.61 Å². The second-order valence-corrected chi connectivity index (χ2v) is 10.6. The molecule has 4 amide bonds. The van der Waals surface area contributed by atoms with Crippen molar-refractivity contribution in [2.75, 3.05) is 16.4 Å². The van der Waals surface area contributed by atoms with E-state index in [0.717, 1.165) is 9.80 Å². The zero-order valence-corrected chi connectivity index (χ0v) is 21.5. The second-order valence-electron chi connectivity index (χ2n) is 10.6. The number of amides is 4. The molecule has 4 atom stereocenters. The normalized spacial score (nSPS) is 32.0. The maximum Gasteiger partial charge on any atom is 0.328 e. The van der Waals surface area contributed by atoms with Crippen molar-refractivity contribution in [3.05, 3.63) is 96.6 Å². The molecule has 0 saturated carbocycles. The Balaban J connectivity index is 1.50. The van der Waals surface area contributed by atoms with Gasteiger partial charge in [-0.25, -0.2) is 14.6 Å². The molecule has 0 aliphatic carbocycles. The van der Waals surface area contributed by atoms with Crippen molar-refractivity contribution in [1.82, 2.24) is 5.32 Å². The first-order valence-electron chi connectivity index (χ1n) is 13.3. The van der Waals surface area contributed by atoms with Crippen LogP contribution in [0.15, 0.2) is 91.0 Å². The molecule has 4 heterocycles. The van der Waals surface area contributed by atoms with Crippen LogP contribution in [0.2, 0.25) is 0 Å². The molecule has 4 unspecified atom stereocenters. The predicted octanol–water partition coefficient (Wildman–Crippen LogP) is 2.41. The van der Waals surface area contributed by atoms with Gasteiger partial charge in [-0.3, -0.25) is 24.5 Å². The number of esters is 1. The molecule has 40 heavy (non-hydrogen) atoms. The predicted molar refractivity (Wildman–Crippen MR) is 142 cm³/mol. The first-order valence-corrected chi connectivity index (χ1v) is 13.3. The third kappa shape index (κ3) is 2.77. The Labute approximate surface area is 229 Å². The molecule has 0 spiro atoms. The van der Waals surface area contributed by atoms with Gasteiger partial charge in [-0.1, -0.05) is 66.7 Å². The van der Waals surface area contributed by atoms with E-state index >= 15 is 0 Å². The molecule has 7 rings (SSSR count). The third-order valence-corrected chi connectivity index (χ3v) is 8.88. The Morgan fingerprint density at radius 1 is 0.675 bits per heavy atom. The fourth-order valence-electron chi connectivity index (χ4n) is 7.58. The molecule has 3 aromatic rings. The molecule has 1 N–H and O–H groups in total. The molecule has 9 heteroatoms. The van der Waals surface area contributed by atoms with E-state index in [1.165, 1.54) is 0 Å². The van der Waals surface area contributed by atoms with Crippen LogP contribution in [-0.4, -0.2) is 41.7 Å². The van der Waals surface area contributed by atoms with Gasteiger partial charge in [0.1, 0.15) is 5.54 Å². The maximum absolute atomic E-state index is 14.3. The van der Waals surface area contributed by atoms with Crippen LogP contribution in [-0.2, 0) is 34.2 Å². The summed E-state index contributed by atoms with van der Waals surface area (Å²) < 4.78 is 5.53.